The summed E-state index contributed by atoms with van der Waals surface area (Å²) < 4.78 is 29.1. The molecule has 9 heteroatoms. The van der Waals surface area contributed by atoms with E-state index in [-0.39, 0.29) is 17.5 Å². The van der Waals surface area contributed by atoms with Gasteiger partial charge >= 0.3 is 0 Å². The average molecular weight is 545 g/mol. The van der Waals surface area contributed by atoms with Gasteiger partial charge in [0.2, 0.25) is 10.0 Å². The topological polar surface area (TPSA) is 61.8 Å². The number of nitrogens with one attached hydrogen (secondary N) is 1. The summed E-state index contributed by atoms with van der Waals surface area (Å²) >= 11 is 18.7. The summed E-state index contributed by atoms with van der Waals surface area (Å²) in [6.07, 6.45) is 0.513. The number of fused-ring (bicyclic) bond motifs is 1. The van der Waals surface area contributed by atoms with Crippen LogP contribution in [0.5, 0.6) is 0 Å². The van der Waals surface area contributed by atoms with Gasteiger partial charge in [0, 0.05) is 21.9 Å². The molecule has 1 unspecified atom stereocenters. The third kappa shape index (κ3) is 5.03. The van der Waals surface area contributed by atoms with Gasteiger partial charge in [0.25, 0.3) is 0 Å². The van der Waals surface area contributed by atoms with Gasteiger partial charge in [-0.05, 0) is 47.3 Å². The standard InChI is InChI=1S/C26H20Cl3N3O2S/c27-19-10-8-18(9-11-19)25-15-21(31-32(25)24-13-12-20(28)14-23(24)29)16-30-35(33,34)26-7-3-5-17-4-1-2-6-22(17)26/h1-14,25,30H,15-16H2. The van der Waals surface area contributed by atoms with E-state index in [1.165, 1.54) is 0 Å². The first-order valence-electron chi connectivity index (χ1n) is 10.9. The third-order valence-electron chi connectivity index (χ3n) is 5.89. The van der Waals surface area contributed by atoms with E-state index in [1.54, 1.807) is 36.4 Å². The number of sulfonamides is 1. The van der Waals surface area contributed by atoms with Crippen LogP contribution in [0.25, 0.3) is 10.8 Å². The monoisotopic (exact) mass is 543 g/mol. The second-order valence-electron chi connectivity index (χ2n) is 8.18. The SMILES string of the molecule is O=S(=O)(NCC1=NN(c2ccc(Cl)cc2Cl)C(c2ccc(Cl)cc2)C1)c1cccc2ccccc12. The Morgan fingerprint density at radius 2 is 1.60 bits per heavy atom. The summed E-state index contributed by atoms with van der Waals surface area (Å²) in [5.41, 5.74) is 2.35. The molecule has 178 valence electrons. The van der Waals surface area contributed by atoms with Crippen LogP contribution in [-0.4, -0.2) is 20.7 Å². The zero-order chi connectivity index (χ0) is 24.6. The van der Waals surface area contributed by atoms with Gasteiger partial charge < -0.3 is 0 Å². The van der Waals surface area contributed by atoms with Crippen LogP contribution in [-0.2, 0) is 10.0 Å². The van der Waals surface area contributed by atoms with E-state index < -0.39 is 10.0 Å². The molecule has 0 spiro atoms. The first-order chi connectivity index (χ1) is 16.8. The van der Waals surface area contributed by atoms with Crippen LogP contribution in [0, 0.1) is 0 Å². The second kappa shape index (κ2) is 9.80. The highest BCUT2D eigenvalue weighted by Gasteiger charge is 2.31. The highest BCUT2D eigenvalue weighted by Crippen LogP contribution is 2.39. The smallest absolute Gasteiger partial charge is 0.241 e. The van der Waals surface area contributed by atoms with Crippen LogP contribution in [0.15, 0.2) is 94.9 Å². The molecule has 1 N–H and O–H groups in total. The number of halogens is 3. The van der Waals surface area contributed by atoms with E-state index in [0.29, 0.717) is 38.3 Å². The maximum Gasteiger partial charge on any atom is 0.241 e. The van der Waals surface area contributed by atoms with Gasteiger partial charge in [-0.25, -0.2) is 13.1 Å². The Morgan fingerprint density at radius 1 is 0.886 bits per heavy atom. The van der Waals surface area contributed by atoms with E-state index in [2.05, 4.69) is 4.72 Å². The molecule has 0 saturated heterocycles. The molecule has 4 aromatic rings. The lowest BCUT2D eigenvalue weighted by atomic mass is 10.0. The molecule has 4 aromatic carbocycles. The summed E-state index contributed by atoms with van der Waals surface area (Å²) in [6.45, 7) is 0.0668. The van der Waals surface area contributed by atoms with Crippen LogP contribution < -0.4 is 9.73 Å². The molecule has 35 heavy (non-hydrogen) atoms. The molecule has 0 aromatic heterocycles. The van der Waals surface area contributed by atoms with Crippen molar-refractivity contribution in [1.82, 2.24) is 4.72 Å². The van der Waals surface area contributed by atoms with Crippen molar-refractivity contribution in [2.75, 3.05) is 11.6 Å². The van der Waals surface area contributed by atoms with Gasteiger partial charge in [-0.2, -0.15) is 5.10 Å². The zero-order valence-electron chi connectivity index (χ0n) is 18.3. The van der Waals surface area contributed by atoms with Crippen molar-refractivity contribution >= 4 is 67.0 Å². The Balaban J connectivity index is 1.44. The lowest BCUT2D eigenvalue weighted by molar-refractivity contribution is 0.587. The summed E-state index contributed by atoms with van der Waals surface area (Å²) in [5.74, 6) is 0. The Hall–Kier alpha value is -2.61. The first kappa shape index (κ1) is 24.1. The molecule has 1 heterocycles. The average Bonchev–Trinajstić information content (AvgIpc) is 3.27. The van der Waals surface area contributed by atoms with Crippen molar-refractivity contribution in [3.63, 3.8) is 0 Å². The van der Waals surface area contributed by atoms with Crippen molar-refractivity contribution < 1.29 is 8.42 Å². The third-order valence-corrected chi connectivity index (χ3v) is 8.14. The Bertz CT molecular complexity index is 1530. The number of hydrogen-bond donors (Lipinski definition) is 1. The van der Waals surface area contributed by atoms with Gasteiger partial charge in [-0.3, -0.25) is 5.01 Å². The summed E-state index contributed by atoms with van der Waals surface area (Å²) in [6, 6.07) is 25.2. The van der Waals surface area contributed by atoms with Gasteiger partial charge in [0.1, 0.15) is 0 Å². The number of rotatable bonds is 6. The Morgan fingerprint density at radius 3 is 2.37 bits per heavy atom. The number of benzene rings is 4. The van der Waals surface area contributed by atoms with Gasteiger partial charge in [-0.15, -0.1) is 0 Å². The highest BCUT2D eigenvalue weighted by molar-refractivity contribution is 7.89. The lowest BCUT2D eigenvalue weighted by Gasteiger charge is -2.25. The molecule has 0 fully saturated rings. The van der Waals surface area contributed by atoms with E-state index in [9.17, 15) is 8.42 Å². The lowest BCUT2D eigenvalue weighted by Crippen LogP contribution is -2.29. The van der Waals surface area contributed by atoms with Crippen LogP contribution in [0.1, 0.15) is 18.0 Å². The van der Waals surface area contributed by atoms with Crippen molar-refractivity contribution in [2.24, 2.45) is 5.10 Å². The van der Waals surface area contributed by atoms with Gasteiger partial charge in [-0.1, -0.05) is 83.3 Å². The van der Waals surface area contributed by atoms with E-state index >= 15 is 0 Å². The van der Waals surface area contributed by atoms with E-state index in [0.717, 1.165) is 10.9 Å². The van der Waals surface area contributed by atoms with E-state index in [1.807, 2.05) is 53.5 Å². The Labute approximate surface area is 219 Å². The predicted molar refractivity (Wildman–Crippen MR) is 144 cm³/mol. The maximum absolute atomic E-state index is 13.2. The minimum atomic E-state index is -3.77. The predicted octanol–water partition coefficient (Wildman–Crippen LogP) is 7.09. The molecule has 0 amide bonds. The molecular formula is C26H20Cl3N3O2S. The fourth-order valence-electron chi connectivity index (χ4n) is 4.20. The molecular weight excluding hydrogens is 525 g/mol. The summed E-state index contributed by atoms with van der Waals surface area (Å²) in [5, 5.41) is 9.70. The molecule has 1 atom stereocenters. The zero-order valence-corrected chi connectivity index (χ0v) is 21.4. The number of hydrazone groups is 1. The van der Waals surface area contributed by atoms with E-state index in [4.69, 9.17) is 39.9 Å². The number of anilines is 1. The van der Waals surface area contributed by atoms with Gasteiger partial charge in [0.05, 0.1) is 33.9 Å². The highest BCUT2D eigenvalue weighted by atomic mass is 35.5. The minimum absolute atomic E-state index is 0.0668. The Kier molecular flexibility index (Phi) is 6.75. The molecule has 5 nitrogen and oxygen atoms in total. The fourth-order valence-corrected chi connectivity index (χ4v) is 6.07. The second-order valence-corrected chi connectivity index (χ2v) is 11.2. The van der Waals surface area contributed by atoms with Crippen LogP contribution in [0.4, 0.5) is 5.69 Å². The van der Waals surface area contributed by atoms with Crippen LogP contribution >= 0.6 is 34.8 Å². The van der Waals surface area contributed by atoms with Crippen molar-refractivity contribution in [3.05, 3.63) is 106 Å². The molecule has 1 aliphatic heterocycles. The molecule has 0 aliphatic carbocycles. The number of nitrogens with zero attached hydrogens (tertiary/aromatic N) is 2. The van der Waals surface area contributed by atoms with Crippen LogP contribution in [0.2, 0.25) is 15.1 Å². The van der Waals surface area contributed by atoms with Crippen molar-refractivity contribution in [3.8, 4) is 0 Å². The van der Waals surface area contributed by atoms with Crippen molar-refractivity contribution in [2.45, 2.75) is 17.4 Å². The van der Waals surface area contributed by atoms with Gasteiger partial charge in [0.15, 0.2) is 0 Å². The quantitative estimate of drug-likeness (QED) is 0.282. The fraction of sp³-hybridized carbons (Fsp3) is 0.115. The number of hydrogen-bond acceptors (Lipinski definition) is 4. The van der Waals surface area contributed by atoms with Crippen molar-refractivity contribution in [1.29, 1.82) is 0 Å². The van der Waals surface area contributed by atoms with Crippen LogP contribution in [0.3, 0.4) is 0 Å². The largest absolute Gasteiger partial charge is 0.256 e. The minimum Gasteiger partial charge on any atom is -0.256 e. The molecule has 1 aliphatic rings. The molecule has 0 saturated carbocycles. The normalized spacial score (nSPS) is 16.0. The maximum atomic E-state index is 13.2. The molecule has 5 rings (SSSR count). The molecule has 0 bridgehead atoms. The molecule has 0 radical (unpaired) electrons. The summed E-state index contributed by atoms with van der Waals surface area (Å²) in [7, 11) is -3.77. The summed E-state index contributed by atoms with van der Waals surface area (Å²) in [4.78, 5) is 0.237. The first-order valence-corrected chi connectivity index (χ1v) is 13.5.